The summed E-state index contributed by atoms with van der Waals surface area (Å²) in [6, 6.07) is 8.44. The second kappa shape index (κ2) is 5.27. The van der Waals surface area contributed by atoms with Gasteiger partial charge in [0.2, 0.25) is 0 Å². The van der Waals surface area contributed by atoms with Crippen LogP contribution in [0.25, 0.3) is 0 Å². The minimum Gasteiger partial charge on any atom is -0.366 e. The lowest BCUT2D eigenvalue weighted by Crippen LogP contribution is -2.03. The topological polar surface area (TPSA) is 24.9 Å². The van der Waals surface area contributed by atoms with Crippen LogP contribution in [-0.2, 0) is 6.54 Å². The number of anilines is 1. The smallest absolute Gasteiger partial charge is 0.129 e. The van der Waals surface area contributed by atoms with Gasteiger partial charge >= 0.3 is 0 Å². The number of benzene rings is 1. The Hall–Kier alpha value is -1.42. The summed E-state index contributed by atoms with van der Waals surface area (Å²) in [5.74, 6) is 0.629. The molecule has 0 atom stereocenters. The fraction of sp³-hybridized carbons (Fsp3) is 0.154. The van der Waals surface area contributed by atoms with E-state index in [2.05, 4.69) is 26.2 Å². The molecule has 2 rings (SSSR count). The van der Waals surface area contributed by atoms with Crippen molar-refractivity contribution in [2.24, 2.45) is 0 Å². The Labute approximate surface area is 108 Å². The molecule has 0 aliphatic carbocycles. The van der Waals surface area contributed by atoms with Crippen LogP contribution in [0.15, 0.2) is 41.0 Å². The van der Waals surface area contributed by atoms with Gasteiger partial charge in [-0.25, -0.2) is 9.37 Å². The molecule has 0 aliphatic heterocycles. The highest BCUT2D eigenvalue weighted by Gasteiger charge is 2.00. The molecule has 0 amide bonds. The van der Waals surface area contributed by atoms with Crippen molar-refractivity contribution in [2.45, 2.75) is 13.5 Å². The van der Waals surface area contributed by atoms with E-state index in [1.807, 2.05) is 13.0 Å². The standard InChI is InChI=1S/C13H12BrFN2/c1-9-6-11(14)8-17-13(9)16-7-10-2-4-12(15)5-3-10/h2-6,8H,7H2,1H3,(H,16,17). The average molecular weight is 295 g/mol. The van der Waals surface area contributed by atoms with Crippen LogP contribution in [0.2, 0.25) is 0 Å². The minimum absolute atomic E-state index is 0.216. The van der Waals surface area contributed by atoms with Crippen LogP contribution in [0, 0.1) is 12.7 Å². The Morgan fingerprint density at radius 3 is 2.65 bits per heavy atom. The Morgan fingerprint density at radius 1 is 1.29 bits per heavy atom. The Morgan fingerprint density at radius 2 is 2.00 bits per heavy atom. The quantitative estimate of drug-likeness (QED) is 0.928. The molecular weight excluding hydrogens is 283 g/mol. The molecule has 4 heteroatoms. The molecule has 88 valence electrons. The molecule has 0 radical (unpaired) electrons. The van der Waals surface area contributed by atoms with Gasteiger partial charge in [-0.05, 0) is 52.2 Å². The fourth-order valence-corrected chi connectivity index (χ4v) is 1.96. The Bertz CT molecular complexity index is 511. The third-order valence-electron chi connectivity index (χ3n) is 2.42. The summed E-state index contributed by atoms with van der Waals surface area (Å²) in [4.78, 5) is 4.28. The van der Waals surface area contributed by atoms with E-state index in [-0.39, 0.29) is 5.82 Å². The Balaban J connectivity index is 2.04. The number of aromatic nitrogens is 1. The summed E-state index contributed by atoms with van der Waals surface area (Å²) in [6.07, 6.45) is 1.75. The van der Waals surface area contributed by atoms with Gasteiger partial charge in [-0.15, -0.1) is 0 Å². The van der Waals surface area contributed by atoms with Crippen molar-refractivity contribution >= 4 is 21.7 Å². The Kier molecular flexibility index (Phi) is 3.74. The summed E-state index contributed by atoms with van der Waals surface area (Å²) in [7, 11) is 0. The fourth-order valence-electron chi connectivity index (χ4n) is 1.51. The summed E-state index contributed by atoms with van der Waals surface area (Å²) < 4.78 is 13.7. The first-order valence-electron chi connectivity index (χ1n) is 5.25. The predicted octanol–water partition coefficient (Wildman–Crippen LogP) is 3.90. The van der Waals surface area contributed by atoms with Crippen molar-refractivity contribution in [1.82, 2.24) is 4.98 Å². The lowest BCUT2D eigenvalue weighted by molar-refractivity contribution is 0.627. The molecule has 0 fully saturated rings. The van der Waals surface area contributed by atoms with Crippen molar-refractivity contribution in [3.8, 4) is 0 Å². The highest BCUT2D eigenvalue weighted by atomic mass is 79.9. The van der Waals surface area contributed by atoms with Gasteiger partial charge in [0.1, 0.15) is 11.6 Å². The first-order chi connectivity index (χ1) is 8.15. The molecular formula is C13H12BrFN2. The van der Waals surface area contributed by atoms with E-state index in [0.717, 1.165) is 21.4 Å². The lowest BCUT2D eigenvalue weighted by atomic mass is 10.2. The predicted molar refractivity (Wildman–Crippen MR) is 70.4 cm³/mol. The van der Waals surface area contributed by atoms with Gasteiger partial charge in [0, 0.05) is 17.2 Å². The number of nitrogens with zero attached hydrogens (tertiary/aromatic N) is 1. The van der Waals surface area contributed by atoms with Crippen molar-refractivity contribution in [3.63, 3.8) is 0 Å². The zero-order chi connectivity index (χ0) is 12.3. The normalized spacial score (nSPS) is 10.3. The molecule has 17 heavy (non-hydrogen) atoms. The number of pyridine rings is 1. The number of halogens is 2. The first kappa shape index (κ1) is 12.0. The van der Waals surface area contributed by atoms with Crippen LogP contribution in [0.5, 0.6) is 0 Å². The van der Waals surface area contributed by atoms with E-state index in [9.17, 15) is 4.39 Å². The maximum atomic E-state index is 12.7. The number of hydrogen-bond acceptors (Lipinski definition) is 2. The van der Waals surface area contributed by atoms with Crippen molar-refractivity contribution in [3.05, 3.63) is 57.9 Å². The second-order valence-corrected chi connectivity index (χ2v) is 4.71. The number of aryl methyl sites for hydroxylation is 1. The van der Waals surface area contributed by atoms with Crippen molar-refractivity contribution in [2.75, 3.05) is 5.32 Å². The molecule has 0 spiro atoms. The monoisotopic (exact) mass is 294 g/mol. The van der Waals surface area contributed by atoms with E-state index in [1.54, 1.807) is 18.3 Å². The summed E-state index contributed by atoms with van der Waals surface area (Å²) in [5.41, 5.74) is 2.09. The molecule has 0 unspecified atom stereocenters. The SMILES string of the molecule is Cc1cc(Br)cnc1NCc1ccc(F)cc1. The third-order valence-corrected chi connectivity index (χ3v) is 2.85. The zero-order valence-corrected chi connectivity index (χ0v) is 11.0. The zero-order valence-electron chi connectivity index (χ0n) is 9.37. The third kappa shape index (κ3) is 3.27. The summed E-state index contributed by atoms with van der Waals surface area (Å²) in [6.45, 7) is 2.63. The lowest BCUT2D eigenvalue weighted by Gasteiger charge is -2.08. The molecule has 0 bridgehead atoms. The van der Waals surface area contributed by atoms with E-state index < -0.39 is 0 Å². The average Bonchev–Trinajstić information content (AvgIpc) is 2.30. The molecule has 1 aromatic heterocycles. The molecule has 1 heterocycles. The van der Waals surface area contributed by atoms with Gasteiger partial charge in [-0.2, -0.15) is 0 Å². The molecule has 2 aromatic rings. The first-order valence-corrected chi connectivity index (χ1v) is 6.05. The van der Waals surface area contributed by atoms with Crippen molar-refractivity contribution < 1.29 is 4.39 Å². The van der Waals surface area contributed by atoms with Crippen LogP contribution in [0.1, 0.15) is 11.1 Å². The molecule has 2 nitrogen and oxygen atoms in total. The van der Waals surface area contributed by atoms with E-state index >= 15 is 0 Å². The molecule has 1 N–H and O–H groups in total. The number of nitrogens with one attached hydrogen (secondary N) is 1. The highest BCUT2D eigenvalue weighted by Crippen LogP contribution is 2.17. The number of hydrogen-bond donors (Lipinski definition) is 1. The van der Waals surface area contributed by atoms with Crippen LogP contribution < -0.4 is 5.32 Å². The van der Waals surface area contributed by atoms with Crippen LogP contribution in [0.3, 0.4) is 0 Å². The van der Waals surface area contributed by atoms with E-state index in [0.29, 0.717) is 6.54 Å². The van der Waals surface area contributed by atoms with E-state index in [4.69, 9.17) is 0 Å². The number of rotatable bonds is 3. The highest BCUT2D eigenvalue weighted by molar-refractivity contribution is 9.10. The summed E-state index contributed by atoms with van der Waals surface area (Å²) in [5, 5.41) is 3.22. The minimum atomic E-state index is -0.216. The van der Waals surface area contributed by atoms with Crippen LogP contribution in [0.4, 0.5) is 10.2 Å². The molecule has 0 saturated carbocycles. The van der Waals surface area contributed by atoms with Gasteiger partial charge < -0.3 is 5.32 Å². The van der Waals surface area contributed by atoms with Gasteiger partial charge in [0.05, 0.1) is 0 Å². The van der Waals surface area contributed by atoms with Crippen LogP contribution in [-0.4, -0.2) is 4.98 Å². The summed E-state index contributed by atoms with van der Waals surface area (Å²) >= 11 is 3.37. The van der Waals surface area contributed by atoms with E-state index in [1.165, 1.54) is 12.1 Å². The maximum Gasteiger partial charge on any atom is 0.129 e. The van der Waals surface area contributed by atoms with Crippen molar-refractivity contribution in [1.29, 1.82) is 0 Å². The van der Waals surface area contributed by atoms with Gasteiger partial charge in [-0.3, -0.25) is 0 Å². The molecule has 0 saturated heterocycles. The second-order valence-electron chi connectivity index (χ2n) is 3.80. The van der Waals surface area contributed by atoms with Gasteiger partial charge in [-0.1, -0.05) is 12.1 Å². The molecule has 0 aliphatic rings. The van der Waals surface area contributed by atoms with Crippen LogP contribution >= 0.6 is 15.9 Å². The largest absolute Gasteiger partial charge is 0.366 e. The maximum absolute atomic E-state index is 12.7. The van der Waals surface area contributed by atoms with Gasteiger partial charge in [0.15, 0.2) is 0 Å². The molecule has 1 aromatic carbocycles. The van der Waals surface area contributed by atoms with Gasteiger partial charge in [0.25, 0.3) is 0 Å².